The molecule has 1 aromatic heterocycles. The molecule has 2 N–H and O–H groups in total. The first-order valence-corrected chi connectivity index (χ1v) is 7.26. The van der Waals surface area contributed by atoms with Crippen LogP contribution in [0.4, 0.5) is 5.69 Å². The first-order valence-electron chi connectivity index (χ1n) is 6.09. The van der Waals surface area contributed by atoms with Gasteiger partial charge in [-0.3, -0.25) is 4.68 Å². The minimum absolute atomic E-state index is 0.490. The maximum atomic E-state index is 5.94. The van der Waals surface area contributed by atoms with Crippen LogP contribution < -0.4 is 10.6 Å². The fraction of sp³-hybridized carbons (Fsp3) is 0.231. The lowest BCUT2D eigenvalue weighted by Gasteiger charge is -2.10. The molecule has 0 fully saturated rings. The van der Waals surface area contributed by atoms with Gasteiger partial charge >= 0.3 is 0 Å². The van der Waals surface area contributed by atoms with E-state index >= 15 is 0 Å². The molecule has 0 saturated heterocycles. The molecule has 1 aromatic carbocycles. The summed E-state index contributed by atoms with van der Waals surface area (Å²) in [5, 5.41) is 11.9. The van der Waals surface area contributed by atoms with E-state index in [0.29, 0.717) is 21.7 Å². The highest BCUT2D eigenvalue weighted by Crippen LogP contribution is 2.24. The lowest BCUT2D eigenvalue weighted by atomic mass is 10.3. The van der Waals surface area contributed by atoms with Gasteiger partial charge in [-0.15, -0.1) is 0 Å². The second-order valence-electron chi connectivity index (χ2n) is 4.14. The molecule has 0 bridgehead atoms. The van der Waals surface area contributed by atoms with Gasteiger partial charge < -0.3 is 10.6 Å². The second kappa shape index (κ2) is 6.92. The molecule has 0 aliphatic heterocycles. The first-order chi connectivity index (χ1) is 9.58. The summed E-state index contributed by atoms with van der Waals surface area (Å²) in [5.74, 6) is 0. The highest BCUT2D eigenvalue weighted by atomic mass is 35.5. The van der Waals surface area contributed by atoms with E-state index in [1.807, 2.05) is 30.1 Å². The highest BCUT2D eigenvalue weighted by Gasteiger charge is 2.02. The van der Waals surface area contributed by atoms with E-state index in [2.05, 4.69) is 15.7 Å². The van der Waals surface area contributed by atoms with Gasteiger partial charge in [0.1, 0.15) is 0 Å². The third kappa shape index (κ3) is 4.10. The molecule has 7 heteroatoms. The van der Waals surface area contributed by atoms with Gasteiger partial charge in [0.15, 0.2) is 5.11 Å². The maximum absolute atomic E-state index is 5.94. The zero-order valence-electron chi connectivity index (χ0n) is 10.9. The van der Waals surface area contributed by atoms with Crippen LogP contribution in [0, 0.1) is 0 Å². The Morgan fingerprint density at radius 1 is 1.35 bits per heavy atom. The van der Waals surface area contributed by atoms with Gasteiger partial charge in [0.25, 0.3) is 0 Å². The SMILES string of the molecule is CCn1cc(CNC(=S)Nc2ccc(Cl)c(Cl)c2)cn1. The number of halogens is 2. The monoisotopic (exact) mass is 328 g/mol. The predicted octanol–water partition coefficient (Wildman–Crippen LogP) is 3.70. The summed E-state index contributed by atoms with van der Waals surface area (Å²) >= 11 is 17.0. The molecule has 2 aromatic rings. The number of rotatable bonds is 4. The van der Waals surface area contributed by atoms with Gasteiger partial charge in [-0.05, 0) is 37.3 Å². The minimum Gasteiger partial charge on any atom is -0.358 e. The summed E-state index contributed by atoms with van der Waals surface area (Å²) < 4.78 is 1.87. The molecule has 0 spiro atoms. The molecule has 0 atom stereocenters. The third-order valence-electron chi connectivity index (χ3n) is 2.64. The maximum Gasteiger partial charge on any atom is 0.171 e. The molecule has 1 heterocycles. The van der Waals surface area contributed by atoms with E-state index in [1.165, 1.54) is 0 Å². The number of benzene rings is 1. The van der Waals surface area contributed by atoms with Crippen LogP contribution in [0.2, 0.25) is 10.0 Å². The number of hydrogen-bond donors (Lipinski definition) is 2. The average Bonchev–Trinajstić information content (AvgIpc) is 2.89. The van der Waals surface area contributed by atoms with Gasteiger partial charge in [-0.1, -0.05) is 23.2 Å². The summed E-state index contributed by atoms with van der Waals surface area (Å²) in [6.07, 6.45) is 3.80. The van der Waals surface area contributed by atoms with Crippen LogP contribution in [0.15, 0.2) is 30.6 Å². The molecule has 0 amide bonds. The fourth-order valence-electron chi connectivity index (χ4n) is 1.60. The van der Waals surface area contributed by atoms with Crippen LogP contribution >= 0.6 is 35.4 Å². The zero-order valence-corrected chi connectivity index (χ0v) is 13.2. The van der Waals surface area contributed by atoms with Gasteiger partial charge in [-0.25, -0.2) is 0 Å². The van der Waals surface area contributed by atoms with Crippen LogP contribution in [0.5, 0.6) is 0 Å². The Hall–Kier alpha value is -1.30. The predicted molar refractivity (Wildman–Crippen MR) is 87.4 cm³/mol. The van der Waals surface area contributed by atoms with Crippen LogP contribution in [0.1, 0.15) is 12.5 Å². The molecule has 20 heavy (non-hydrogen) atoms. The minimum atomic E-state index is 0.490. The Morgan fingerprint density at radius 3 is 2.80 bits per heavy atom. The molecule has 0 aliphatic rings. The highest BCUT2D eigenvalue weighted by molar-refractivity contribution is 7.80. The van der Waals surface area contributed by atoms with Crippen LogP contribution in [-0.2, 0) is 13.1 Å². The topological polar surface area (TPSA) is 41.9 Å². The number of hydrogen-bond acceptors (Lipinski definition) is 2. The number of nitrogens with zero attached hydrogens (tertiary/aromatic N) is 2. The quantitative estimate of drug-likeness (QED) is 0.840. The van der Waals surface area contributed by atoms with E-state index in [1.54, 1.807) is 12.1 Å². The Balaban J connectivity index is 1.87. The molecule has 2 rings (SSSR count). The molecular formula is C13H14Cl2N4S. The van der Waals surface area contributed by atoms with Crippen molar-refractivity contribution in [1.29, 1.82) is 0 Å². The number of nitrogens with one attached hydrogen (secondary N) is 2. The number of thiocarbonyl (C=S) groups is 1. The third-order valence-corrected chi connectivity index (χ3v) is 3.63. The standard InChI is InChI=1S/C13H14Cl2N4S/c1-2-19-8-9(7-17-19)6-16-13(20)18-10-3-4-11(14)12(15)5-10/h3-5,7-8H,2,6H2,1H3,(H2,16,18,20). The van der Waals surface area contributed by atoms with Crippen molar-refractivity contribution in [3.05, 3.63) is 46.2 Å². The lowest BCUT2D eigenvalue weighted by molar-refractivity contribution is 0.659. The molecule has 0 unspecified atom stereocenters. The molecular weight excluding hydrogens is 315 g/mol. The number of anilines is 1. The van der Waals surface area contributed by atoms with E-state index in [0.717, 1.165) is 17.8 Å². The van der Waals surface area contributed by atoms with E-state index in [9.17, 15) is 0 Å². The second-order valence-corrected chi connectivity index (χ2v) is 5.36. The smallest absolute Gasteiger partial charge is 0.171 e. The Labute approximate surface area is 133 Å². The average molecular weight is 329 g/mol. The van der Waals surface area contributed by atoms with Crippen molar-refractivity contribution in [3.8, 4) is 0 Å². The van der Waals surface area contributed by atoms with Crippen molar-refractivity contribution >= 4 is 46.2 Å². The number of aryl methyl sites for hydroxylation is 1. The zero-order chi connectivity index (χ0) is 14.5. The summed E-state index contributed by atoms with van der Waals surface area (Å²) in [6, 6.07) is 5.27. The molecule has 0 saturated carbocycles. The fourth-order valence-corrected chi connectivity index (χ4v) is 2.09. The molecule has 0 radical (unpaired) electrons. The van der Waals surface area contributed by atoms with Gasteiger partial charge in [0.2, 0.25) is 0 Å². The van der Waals surface area contributed by atoms with Crippen molar-refractivity contribution in [1.82, 2.24) is 15.1 Å². The lowest BCUT2D eigenvalue weighted by Crippen LogP contribution is -2.27. The van der Waals surface area contributed by atoms with E-state index in [-0.39, 0.29) is 0 Å². The normalized spacial score (nSPS) is 10.3. The van der Waals surface area contributed by atoms with Crippen LogP contribution in [0.25, 0.3) is 0 Å². The summed E-state index contributed by atoms with van der Waals surface area (Å²) in [7, 11) is 0. The van der Waals surface area contributed by atoms with Crippen molar-refractivity contribution < 1.29 is 0 Å². The van der Waals surface area contributed by atoms with E-state index < -0.39 is 0 Å². The van der Waals surface area contributed by atoms with E-state index in [4.69, 9.17) is 35.4 Å². The largest absolute Gasteiger partial charge is 0.358 e. The molecule has 0 aliphatic carbocycles. The van der Waals surface area contributed by atoms with Crippen molar-refractivity contribution in [2.24, 2.45) is 0 Å². The summed E-state index contributed by atoms with van der Waals surface area (Å²) in [4.78, 5) is 0. The van der Waals surface area contributed by atoms with Gasteiger partial charge in [-0.2, -0.15) is 5.10 Å². The van der Waals surface area contributed by atoms with Gasteiger partial charge in [0, 0.05) is 30.5 Å². The van der Waals surface area contributed by atoms with Crippen LogP contribution in [-0.4, -0.2) is 14.9 Å². The molecule has 106 valence electrons. The molecule has 4 nitrogen and oxygen atoms in total. The summed E-state index contributed by atoms with van der Waals surface area (Å²) in [6.45, 7) is 3.51. The van der Waals surface area contributed by atoms with Crippen LogP contribution in [0.3, 0.4) is 0 Å². The summed E-state index contributed by atoms with van der Waals surface area (Å²) in [5.41, 5.74) is 1.87. The van der Waals surface area contributed by atoms with Gasteiger partial charge in [0.05, 0.1) is 16.2 Å². The Morgan fingerprint density at radius 2 is 2.15 bits per heavy atom. The van der Waals surface area contributed by atoms with Crippen molar-refractivity contribution in [2.45, 2.75) is 20.0 Å². The van der Waals surface area contributed by atoms with Crippen molar-refractivity contribution in [3.63, 3.8) is 0 Å². The Kier molecular flexibility index (Phi) is 5.23. The Bertz CT molecular complexity index is 612. The first kappa shape index (κ1) is 15.1. The van der Waals surface area contributed by atoms with Crippen molar-refractivity contribution in [2.75, 3.05) is 5.32 Å². The number of aromatic nitrogens is 2.